The zero-order chi connectivity index (χ0) is 16.9. The first-order valence-electron chi connectivity index (χ1n) is 8.73. The maximum Gasteiger partial charge on any atom is 0.183 e. The van der Waals surface area contributed by atoms with Crippen LogP contribution in [0.25, 0.3) is 0 Å². The molecule has 0 spiro atoms. The van der Waals surface area contributed by atoms with Gasteiger partial charge in [0.1, 0.15) is 0 Å². The summed E-state index contributed by atoms with van der Waals surface area (Å²) in [7, 11) is 3.96. The van der Waals surface area contributed by atoms with E-state index in [1.54, 1.807) is 0 Å². The number of carbonyl (C=O) groups is 1. The van der Waals surface area contributed by atoms with Gasteiger partial charge in [-0.25, -0.2) is 0 Å². The topological polar surface area (TPSA) is 23.6 Å². The molecule has 0 aliphatic carbocycles. The maximum absolute atomic E-state index is 13.1. The Morgan fingerprint density at radius 2 is 1.83 bits per heavy atom. The van der Waals surface area contributed by atoms with E-state index in [1.807, 2.05) is 37.2 Å². The summed E-state index contributed by atoms with van der Waals surface area (Å²) in [5.74, 6) is 0.190. The Labute approximate surface area is 141 Å². The second kappa shape index (κ2) is 7.78. The molecule has 1 aliphatic rings. The number of ketones is 1. The quantitative estimate of drug-likeness (QED) is 0.558. The molecule has 2 rings (SSSR count). The summed E-state index contributed by atoms with van der Waals surface area (Å²) in [6, 6.07) is 8.18. The first kappa shape index (κ1) is 17.7. The molecule has 3 nitrogen and oxygen atoms in total. The number of Topliss-reactive ketones (excluding diaryl/α,β-unsaturated/α-hetero) is 1. The van der Waals surface area contributed by atoms with E-state index < -0.39 is 5.54 Å². The third-order valence-electron chi connectivity index (χ3n) is 5.20. The molecule has 1 atom stereocenters. The molecule has 0 amide bonds. The van der Waals surface area contributed by atoms with E-state index in [0.717, 1.165) is 25.1 Å². The zero-order valence-electron chi connectivity index (χ0n) is 14.8. The molecule has 126 valence electrons. The van der Waals surface area contributed by atoms with Crippen molar-refractivity contribution < 1.29 is 4.79 Å². The van der Waals surface area contributed by atoms with Gasteiger partial charge in [-0.15, -0.1) is 6.58 Å². The van der Waals surface area contributed by atoms with Gasteiger partial charge < -0.3 is 4.90 Å². The van der Waals surface area contributed by atoms with Gasteiger partial charge >= 0.3 is 0 Å². The Morgan fingerprint density at radius 3 is 2.30 bits per heavy atom. The van der Waals surface area contributed by atoms with Crippen LogP contribution in [0.1, 0.15) is 49.4 Å². The van der Waals surface area contributed by atoms with Crippen LogP contribution in [0.4, 0.5) is 5.69 Å². The number of piperidine rings is 1. The highest BCUT2D eigenvalue weighted by molar-refractivity contribution is 6.03. The van der Waals surface area contributed by atoms with Crippen LogP contribution < -0.4 is 4.90 Å². The Hall–Kier alpha value is -1.61. The second-order valence-corrected chi connectivity index (χ2v) is 6.70. The standard InChI is InChI=1S/C20H30N2O/c1-5-14-20(6-2,21(3)4)19(23)17-10-12-18(13-11-17)22-15-8-7-9-16-22/h5,10-13H,1,6-9,14-16H2,2-4H3. The van der Waals surface area contributed by atoms with Crippen LogP contribution in [0.15, 0.2) is 36.9 Å². The Kier molecular flexibility index (Phi) is 6.00. The van der Waals surface area contributed by atoms with Crippen LogP contribution in [0, 0.1) is 0 Å². The number of nitrogens with zero attached hydrogens (tertiary/aromatic N) is 2. The molecule has 1 heterocycles. The highest BCUT2D eigenvalue weighted by Gasteiger charge is 2.38. The summed E-state index contributed by atoms with van der Waals surface area (Å²) in [4.78, 5) is 17.6. The molecule has 0 aromatic heterocycles. The molecule has 23 heavy (non-hydrogen) atoms. The van der Waals surface area contributed by atoms with E-state index in [-0.39, 0.29) is 5.78 Å². The van der Waals surface area contributed by atoms with Gasteiger partial charge in [-0.1, -0.05) is 13.0 Å². The molecule has 1 aromatic carbocycles. The van der Waals surface area contributed by atoms with Crippen molar-refractivity contribution in [2.75, 3.05) is 32.1 Å². The molecule has 3 heteroatoms. The Balaban J connectivity index is 2.22. The van der Waals surface area contributed by atoms with Crippen LogP contribution in [0.2, 0.25) is 0 Å². The smallest absolute Gasteiger partial charge is 0.183 e. The van der Waals surface area contributed by atoms with Crippen LogP contribution in [0.5, 0.6) is 0 Å². The van der Waals surface area contributed by atoms with E-state index in [0.29, 0.717) is 6.42 Å². The highest BCUT2D eigenvalue weighted by atomic mass is 16.1. The molecule has 1 aromatic rings. The molecule has 1 fully saturated rings. The SMILES string of the molecule is C=CCC(CC)(C(=O)c1ccc(N2CCCCC2)cc1)N(C)C. The van der Waals surface area contributed by atoms with Gasteiger partial charge in [-0.2, -0.15) is 0 Å². The van der Waals surface area contributed by atoms with Gasteiger partial charge in [-0.3, -0.25) is 9.69 Å². The number of likely N-dealkylation sites (N-methyl/N-ethyl adjacent to an activating group) is 1. The predicted octanol–water partition coefficient (Wildman–Crippen LogP) is 4.15. The monoisotopic (exact) mass is 314 g/mol. The van der Waals surface area contributed by atoms with Gasteiger partial charge in [-0.05, 0) is 70.5 Å². The molecule has 0 radical (unpaired) electrons. The summed E-state index contributed by atoms with van der Waals surface area (Å²) in [5.41, 5.74) is 1.54. The average molecular weight is 314 g/mol. The number of hydrogen-bond acceptors (Lipinski definition) is 3. The van der Waals surface area contributed by atoms with Crippen molar-refractivity contribution in [3.63, 3.8) is 0 Å². The molecule has 0 N–H and O–H groups in total. The minimum absolute atomic E-state index is 0.190. The summed E-state index contributed by atoms with van der Waals surface area (Å²) < 4.78 is 0. The van der Waals surface area contributed by atoms with Crippen molar-refractivity contribution in [2.45, 2.75) is 44.6 Å². The van der Waals surface area contributed by atoms with Crippen LogP contribution in [0.3, 0.4) is 0 Å². The number of rotatable bonds is 7. The van der Waals surface area contributed by atoms with Gasteiger partial charge in [0, 0.05) is 24.3 Å². The molecular weight excluding hydrogens is 284 g/mol. The molecule has 0 saturated carbocycles. The fraction of sp³-hybridized carbons (Fsp3) is 0.550. The first-order chi connectivity index (χ1) is 11.0. The lowest BCUT2D eigenvalue weighted by molar-refractivity contribution is 0.0673. The van der Waals surface area contributed by atoms with Crippen molar-refractivity contribution in [2.24, 2.45) is 0 Å². The van der Waals surface area contributed by atoms with E-state index in [1.165, 1.54) is 24.9 Å². The van der Waals surface area contributed by atoms with Crippen molar-refractivity contribution in [3.05, 3.63) is 42.5 Å². The van der Waals surface area contributed by atoms with Gasteiger partial charge in [0.2, 0.25) is 0 Å². The molecule has 1 aliphatic heterocycles. The lowest BCUT2D eigenvalue weighted by Gasteiger charge is -2.37. The Bertz CT molecular complexity index is 529. The normalized spacial score (nSPS) is 17.8. The number of benzene rings is 1. The van der Waals surface area contributed by atoms with Crippen LogP contribution in [-0.2, 0) is 0 Å². The Morgan fingerprint density at radius 1 is 1.22 bits per heavy atom. The molecule has 0 bridgehead atoms. The summed E-state index contributed by atoms with van der Waals surface area (Å²) in [6.07, 6.45) is 7.15. The third-order valence-corrected chi connectivity index (χ3v) is 5.20. The third kappa shape index (κ3) is 3.66. The van der Waals surface area contributed by atoms with Gasteiger partial charge in [0.15, 0.2) is 5.78 Å². The zero-order valence-corrected chi connectivity index (χ0v) is 14.8. The summed E-state index contributed by atoms with van der Waals surface area (Å²) in [5, 5.41) is 0. The van der Waals surface area contributed by atoms with Gasteiger partial charge in [0.25, 0.3) is 0 Å². The van der Waals surface area contributed by atoms with Crippen LogP contribution >= 0.6 is 0 Å². The number of hydrogen-bond donors (Lipinski definition) is 0. The number of anilines is 1. The average Bonchev–Trinajstić information content (AvgIpc) is 2.60. The van der Waals surface area contributed by atoms with Crippen molar-refractivity contribution in [3.8, 4) is 0 Å². The van der Waals surface area contributed by atoms with Crippen molar-refractivity contribution in [1.29, 1.82) is 0 Å². The minimum atomic E-state index is -0.492. The van der Waals surface area contributed by atoms with Crippen LogP contribution in [-0.4, -0.2) is 43.4 Å². The van der Waals surface area contributed by atoms with Gasteiger partial charge in [0.05, 0.1) is 5.54 Å². The largest absolute Gasteiger partial charge is 0.372 e. The second-order valence-electron chi connectivity index (χ2n) is 6.70. The predicted molar refractivity (Wildman–Crippen MR) is 98.4 cm³/mol. The molecule has 1 saturated heterocycles. The fourth-order valence-corrected chi connectivity index (χ4v) is 3.58. The fourth-order valence-electron chi connectivity index (χ4n) is 3.58. The van der Waals surface area contributed by atoms with Crippen molar-refractivity contribution in [1.82, 2.24) is 4.90 Å². The lowest BCUT2D eigenvalue weighted by atomic mass is 9.82. The van der Waals surface area contributed by atoms with E-state index in [4.69, 9.17) is 0 Å². The summed E-state index contributed by atoms with van der Waals surface area (Å²) in [6.45, 7) is 8.17. The molecular formula is C20H30N2O. The van der Waals surface area contributed by atoms with E-state index >= 15 is 0 Å². The first-order valence-corrected chi connectivity index (χ1v) is 8.73. The molecule has 1 unspecified atom stereocenters. The minimum Gasteiger partial charge on any atom is -0.372 e. The van der Waals surface area contributed by atoms with E-state index in [9.17, 15) is 4.79 Å². The van der Waals surface area contributed by atoms with E-state index in [2.05, 4.69) is 30.5 Å². The number of carbonyl (C=O) groups excluding carboxylic acids is 1. The lowest BCUT2D eigenvalue weighted by Crippen LogP contribution is -2.50. The maximum atomic E-state index is 13.1. The van der Waals surface area contributed by atoms with Crippen molar-refractivity contribution >= 4 is 11.5 Å². The highest BCUT2D eigenvalue weighted by Crippen LogP contribution is 2.28. The summed E-state index contributed by atoms with van der Waals surface area (Å²) >= 11 is 0.